The van der Waals surface area contributed by atoms with Crippen molar-refractivity contribution in [1.29, 1.82) is 0 Å². The molecule has 4 aromatic rings. The van der Waals surface area contributed by atoms with Crippen LogP contribution in [-0.4, -0.2) is 32.6 Å². The summed E-state index contributed by atoms with van der Waals surface area (Å²) in [6.07, 6.45) is -2.30. The van der Waals surface area contributed by atoms with Crippen LogP contribution in [0.4, 0.5) is 13.2 Å². The van der Waals surface area contributed by atoms with Gasteiger partial charge < -0.3 is 4.90 Å². The molecule has 0 atom stereocenters. The van der Waals surface area contributed by atoms with E-state index in [1.54, 1.807) is 18.9 Å². The largest absolute Gasteiger partial charge is 0.417 e. The summed E-state index contributed by atoms with van der Waals surface area (Å²) in [6, 6.07) is 16.2. The Bertz CT molecular complexity index is 1250. The molecule has 31 heavy (non-hydrogen) atoms. The Hall–Kier alpha value is -3.68. The summed E-state index contributed by atoms with van der Waals surface area (Å²) >= 11 is 0. The van der Waals surface area contributed by atoms with Crippen LogP contribution in [0, 0.1) is 6.92 Å². The fraction of sp³-hybridized carbons (Fsp3) is 0.174. The van der Waals surface area contributed by atoms with E-state index in [9.17, 15) is 18.0 Å². The summed E-state index contributed by atoms with van der Waals surface area (Å²) in [6.45, 7) is 2.09. The van der Waals surface area contributed by atoms with E-state index < -0.39 is 11.7 Å². The summed E-state index contributed by atoms with van der Waals surface area (Å²) < 4.78 is 39.6. The zero-order valence-corrected chi connectivity index (χ0v) is 16.9. The lowest BCUT2D eigenvalue weighted by molar-refractivity contribution is -0.137. The Labute approximate surface area is 176 Å². The third kappa shape index (κ3) is 4.14. The molecule has 2 aromatic carbocycles. The minimum atomic E-state index is -4.46. The second-order valence-corrected chi connectivity index (χ2v) is 7.30. The molecule has 8 heteroatoms. The van der Waals surface area contributed by atoms with Gasteiger partial charge in [0.05, 0.1) is 23.0 Å². The van der Waals surface area contributed by atoms with Gasteiger partial charge in [0, 0.05) is 19.8 Å². The smallest absolute Gasteiger partial charge is 0.337 e. The molecule has 0 unspecified atom stereocenters. The SMILES string of the molecule is Cc1c(C(=O)N(C)Cc2ccc3ccccc3c2)cnn1-c1ccc(C(F)(F)F)cn1. The van der Waals surface area contributed by atoms with Crippen LogP contribution in [0.2, 0.25) is 0 Å². The average molecular weight is 424 g/mol. The molecule has 0 aliphatic heterocycles. The summed E-state index contributed by atoms with van der Waals surface area (Å²) in [5.74, 6) is -0.0226. The molecule has 0 aliphatic carbocycles. The van der Waals surface area contributed by atoms with E-state index in [-0.39, 0.29) is 11.7 Å². The molecule has 0 bridgehead atoms. The van der Waals surface area contributed by atoms with Gasteiger partial charge in [-0.25, -0.2) is 9.67 Å². The number of nitrogens with zero attached hydrogens (tertiary/aromatic N) is 4. The van der Waals surface area contributed by atoms with Crippen LogP contribution in [0.1, 0.15) is 27.2 Å². The van der Waals surface area contributed by atoms with Gasteiger partial charge in [-0.2, -0.15) is 18.3 Å². The maximum Gasteiger partial charge on any atom is 0.417 e. The summed E-state index contributed by atoms with van der Waals surface area (Å²) in [5.41, 5.74) is 1.02. The average Bonchev–Trinajstić information content (AvgIpc) is 3.13. The van der Waals surface area contributed by atoms with E-state index in [4.69, 9.17) is 0 Å². The van der Waals surface area contributed by atoms with E-state index in [1.807, 2.05) is 42.5 Å². The first kappa shape index (κ1) is 20.6. The third-order valence-electron chi connectivity index (χ3n) is 5.11. The molecule has 5 nitrogen and oxygen atoms in total. The molecule has 2 heterocycles. The van der Waals surface area contributed by atoms with Crippen molar-refractivity contribution in [1.82, 2.24) is 19.7 Å². The van der Waals surface area contributed by atoms with Gasteiger partial charge in [-0.1, -0.05) is 36.4 Å². The fourth-order valence-corrected chi connectivity index (χ4v) is 3.42. The number of hydrogen-bond donors (Lipinski definition) is 0. The Morgan fingerprint density at radius 2 is 1.77 bits per heavy atom. The predicted molar refractivity (Wildman–Crippen MR) is 111 cm³/mol. The van der Waals surface area contributed by atoms with E-state index in [2.05, 4.69) is 10.1 Å². The van der Waals surface area contributed by atoms with Crippen LogP contribution in [-0.2, 0) is 12.7 Å². The lowest BCUT2D eigenvalue weighted by Gasteiger charge is -2.17. The van der Waals surface area contributed by atoms with Crippen molar-refractivity contribution < 1.29 is 18.0 Å². The molecule has 158 valence electrons. The summed E-state index contributed by atoms with van der Waals surface area (Å²) in [4.78, 5) is 18.4. The van der Waals surface area contributed by atoms with Crippen molar-refractivity contribution >= 4 is 16.7 Å². The highest BCUT2D eigenvalue weighted by Crippen LogP contribution is 2.29. The van der Waals surface area contributed by atoms with Gasteiger partial charge in [0.15, 0.2) is 5.82 Å². The van der Waals surface area contributed by atoms with Gasteiger partial charge in [-0.3, -0.25) is 4.79 Å². The highest BCUT2D eigenvalue weighted by atomic mass is 19.4. The Morgan fingerprint density at radius 1 is 1.03 bits per heavy atom. The monoisotopic (exact) mass is 424 g/mol. The van der Waals surface area contributed by atoms with Gasteiger partial charge in [-0.05, 0) is 41.5 Å². The molecule has 4 rings (SSSR count). The molecule has 0 fully saturated rings. The van der Waals surface area contributed by atoms with Crippen molar-refractivity contribution in [2.75, 3.05) is 7.05 Å². The topological polar surface area (TPSA) is 51.0 Å². The van der Waals surface area contributed by atoms with E-state index in [0.717, 1.165) is 28.6 Å². The first-order valence-electron chi connectivity index (χ1n) is 9.55. The third-order valence-corrected chi connectivity index (χ3v) is 5.11. The minimum Gasteiger partial charge on any atom is -0.337 e. The predicted octanol–water partition coefficient (Wildman–Crippen LogP) is 5.02. The Kier molecular flexibility index (Phi) is 5.22. The zero-order valence-electron chi connectivity index (χ0n) is 16.9. The van der Waals surface area contributed by atoms with Gasteiger partial charge >= 0.3 is 6.18 Å². The maximum absolute atomic E-state index is 13.0. The van der Waals surface area contributed by atoms with E-state index in [1.165, 1.54) is 16.9 Å². The highest BCUT2D eigenvalue weighted by molar-refractivity contribution is 5.95. The number of halogens is 3. The Balaban J connectivity index is 1.54. The van der Waals surface area contributed by atoms with Crippen molar-refractivity contribution in [3.05, 3.63) is 89.4 Å². The molecule has 0 radical (unpaired) electrons. The van der Waals surface area contributed by atoms with Crippen LogP contribution in [0.15, 0.2) is 67.0 Å². The number of hydrogen-bond acceptors (Lipinski definition) is 3. The van der Waals surface area contributed by atoms with Crippen molar-refractivity contribution in [2.24, 2.45) is 0 Å². The lowest BCUT2D eigenvalue weighted by atomic mass is 10.1. The number of alkyl halides is 3. The van der Waals surface area contributed by atoms with Gasteiger partial charge in [-0.15, -0.1) is 0 Å². The van der Waals surface area contributed by atoms with Crippen LogP contribution in [0.3, 0.4) is 0 Å². The second kappa shape index (κ2) is 7.86. The highest BCUT2D eigenvalue weighted by Gasteiger charge is 2.31. The zero-order chi connectivity index (χ0) is 22.2. The molecule has 1 amide bonds. The molecule has 2 aromatic heterocycles. The minimum absolute atomic E-state index is 0.210. The maximum atomic E-state index is 13.0. The van der Waals surface area contributed by atoms with E-state index >= 15 is 0 Å². The van der Waals surface area contributed by atoms with Crippen LogP contribution < -0.4 is 0 Å². The van der Waals surface area contributed by atoms with Crippen LogP contribution in [0.25, 0.3) is 16.6 Å². The number of benzene rings is 2. The Morgan fingerprint density at radius 3 is 2.45 bits per heavy atom. The number of amides is 1. The fourth-order valence-electron chi connectivity index (χ4n) is 3.42. The molecule has 0 aliphatic rings. The molecule has 0 N–H and O–H groups in total. The number of carbonyl (C=O) groups is 1. The first-order chi connectivity index (χ1) is 14.7. The number of carbonyl (C=O) groups excluding carboxylic acids is 1. The van der Waals surface area contributed by atoms with Gasteiger partial charge in [0.2, 0.25) is 0 Å². The second-order valence-electron chi connectivity index (χ2n) is 7.30. The molecule has 0 saturated heterocycles. The number of rotatable bonds is 4. The quantitative estimate of drug-likeness (QED) is 0.462. The molecular formula is C23H19F3N4O. The summed E-state index contributed by atoms with van der Waals surface area (Å²) in [5, 5.41) is 6.38. The first-order valence-corrected chi connectivity index (χ1v) is 9.55. The lowest BCUT2D eigenvalue weighted by Crippen LogP contribution is -2.26. The number of pyridine rings is 1. The standard InChI is InChI=1S/C23H19F3N4O/c1-15-20(13-28-30(15)21-10-9-19(12-27-21)23(24,25)26)22(31)29(2)14-16-7-8-17-5-3-4-6-18(17)11-16/h3-13H,14H2,1-2H3. The van der Waals surface area contributed by atoms with Crippen LogP contribution in [0.5, 0.6) is 0 Å². The normalized spacial score (nSPS) is 11.6. The number of fused-ring (bicyclic) bond motifs is 1. The van der Waals surface area contributed by atoms with E-state index in [0.29, 0.717) is 17.8 Å². The van der Waals surface area contributed by atoms with Crippen LogP contribution >= 0.6 is 0 Å². The van der Waals surface area contributed by atoms with Gasteiger partial charge in [0.1, 0.15) is 0 Å². The molecule has 0 spiro atoms. The van der Waals surface area contributed by atoms with Crippen molar-refractivity contribution in [3.63, 3.8) is 0 Å². The van der Waals surface area contributed by atoms with Gasteiger partial charge in [0.25, 0.3) is 5.91 Å². The van der Waals surface area contributed by atoms with Crippen molar-refractivity contribution in [2.45, 2.75) is 19.6 Å². The number of aromatic nitrogens is 3. The summed E-state index contributed by atoms with van der Waals surface area (Å²) in [7, 11) is 1.70. The molecular weight excluding hydrogens is 405 g/mol. The van der Waals surface area contributed by atoms with Crippen molar-refractivity contribution in [3.8, 4) is 5.82 Å². The molecule has 0 saturated carbocycles.